The molecule has 0 radical (unpaired) electrons. The van der Waals surface area contributed by atoms with E-state index < -0.39 is 17.1 Å². The average molecular weight is 454 g/mol. The van der Waals surface area contributed by atoms with Gasteiger partial charge in [-0.05, 0) is 32.3 Å². The third kappa shape index (κ3) is 4.54. The van der Waals surface area contributed by atoms with Crippen molar-refractivity contribution in [1.29, 1.82) is 0 Å². The summed E-state index contributed by atoms with van der Waals surface area (Å²) in [5.41, 5.74) is 0.504. The number of halogens is 3. The van der Waals surface area contributed by atoms with Crippen molar-refractivity contribution in [3.63, 3.8) is 0 Å². The Morgan fingerprint density at radius 2 is 2.13 bits per heavy atom. The molecule has 3 unspecified atom stereocenters. The normalized spacial score (nSPS) is 20.7. The van der Waals surface area contributed by atoms with E-state index in [0.717, 1.165) is 37.6 Å². The van der Waals surface area contributed by atoms with E-state index in [-0.39, 0.29) is 28.4 Å². The predicted octanol–water partition coefficient (Wildman–Crippen LogP) is 3.79. The first-order valence-electron chi connectivity index (χ1n) is 9.84. The lowest BCUT2D eigenvalue weighted by molar-refractivity contribution is -0.134. The molecule has 1 aliphatic rings. The summed E-state index contributed by atoms with van der Waals surface area (Å²) in [7, 11) is 1.70. The molecule has 1 N–H and O–H groups in total. The number of H-pyrrole nitrogens is 1. The Morgan fingerprint density at radius 3 is 2.84 bits per heavy atom. The maximum Gasteiger partial charge on any atom is 0.427 e. The number of aromatic nitrogens is 6. The summed E-state index contributed by atoms with van der Waals surface area (Å²) >= 11 is 0.463. The van der Waals surface area contributed by atoms with Gasteiger partial charge in [0.2, 0.25) is 5.82 Å². The van der Waals surface area contributed by atoms with Gasteiger partial charge in [0, 0.05) is 19.1 Å². The SMILES string of the molecule is COC1CCCC(c2ccc(=O)n(C(C)c3nc(-c4ncc(C(F)(F)F)s4)n[nH]3)n2)C1. The Labute approximate surface area is 179 Å². The molecule has 0 aliphatic heterocycles. The molecule has 8 nitrogen and oxygen atoms in total. The Morgan fingerprint density at radius 1 is 1.32 bits per heavy atom. The fourth-order valence-electron chi connectivity index (χ4n) is 3.74. The van der Waals surface area contributed by atoms with Gasteiger partial charge in [0.1, 0.15) is 16.7 Å². The van der Waals surface area contributed by atoms with Gasteiger partial charge in [-0.2, -0.15) is 23.4 Å². The minimum atomic E-state index is -4.47. The molecule has 0 aromatic carbocycles. The van der Waals surface area contributed by atoms with Crippen LogP contribution in [0, 0.1) is 0 Å². The van der Waals surface area contributed by atoms with Crippen LogP contribution in [0.2, 0.25) is 0 Å². The van der Waals surface area contributed by atoms with Crippen LogP contribution in [0.3, 0.4) is 0 Å². The van der Waals surface area contributed by atoms with Crippen molar-refractivity contribution in [3.05, 3.63) is 45.1 Å². The second-order valence-corrected chi connectivity index (χ2v) is 8.54. The lowest BCUT2D eigenvalue weighted by Crippen LogP contribution is -2.29. The van der Waals surface area contributed by atoms with E-state index in [1.165, 1.54) is 10.7 Å². The van der Waals surface area contributed by atoms with Crippen LogP contribution >= 0.6 is 11.3 Å². The number of thiazole rings is 1. The monoisotopic (exact) mass is 454 g/mol. The van der Waals surface area contributed by atoms with Crippen molar-refractivity contribution < 1.29 is 17.9 Å². The van der Waals surface area contributed by atoms with Gasteiger partial charge in [-0.3, -0.25) is 9.89 Å². The van der Waals surface area contributed by atoms with Crippen molar-refractivity contribution in [1.82, 2.24) is 29.9 Å². The van der Waals surface area contributed by atoms with Gasteiger partial charge in [0.15, 0.2) is 5.01 Å². The van der Waals surface area contributed by atoms with Gasteiger partial charge in [-0.25, -0.2) is 14.6 Å². The Kier molecular flexibility index (Phi) is 5.93. The summed E-state index contributed by atoms with van der Waals surface area (Å²) in [6.45, 7) is 1.73. The Hall–Kier alpha value is -2.60. The van der Waals surface area contributed by atoms with Crippen molar-refractivity contribution in [3.8, 4) is 10.8 Å². The number of nitrogens with zero attached hydrogens (tertiary/aromatic N) is 5. The molecule has 1 aliphatic carbocycles. The Balaban J connectivity index is 1.58. The number of hydrogen-bond acceptors (Lipinski definition) is 7. The van der Waals surface area contributed by atoms with Crippen LogP contribution in [0.5, 0.6) is 0 Å². The molecule has 0 saturated heterocycles. The summed E-state index contributed by atoms with van der Waals surface area (Å²) in [5, 5.41) is 11.3. The highest BCUT2D eigenvalue weighted by Gasteiger charge is 2.34. The average Bonchev–Trinajstić information content (AvgIpc) is 3.43. The van der Waals surface area contributed by atoms with Crippen molar-refractivity contribution >= 4 is 11.3 Å². The number of hydrogen-bond donors (Lipinski definition) is 1. The summed E-state index contributed by atoms with van der Waals surface area (Å²) in [4.78, 5) is 19.7. The lowest BCUT2D eigenvalue weighted by atomic mass is 9.85. The van der Waals surface area contributed by atoms with E-state index in [1.807, 2.05) is 0 Å². The number of alkyl halides is 3. The van der Waals surface area contributed by atoms with E-state index in [4.69, 9.17) is 4.74 Å². The smallest absolute Gasteiger partial charge is 0.381 e. The third-order valence-corrected chi connectivity index (χ3v) is 6.50. The van der Waals surface area contributed by atoms with Gasteiger partial charge in [0.25, 0.3) is 5.56 Å². The summed E-state index contributed by atoms with van der Waals surface area (Å²) in [5.74, 6) is 0.546. The van der Waals surface area contributed by atoms with Gasteiger partial charge in [-0.1, -0.05) is 6.42 Å². The van der Waals surface area contributed by atoms with Crippen LogP contribution in [0.1, 0.15) is 61.0 Å². The fraction of sp³-hybridized carbons (Fsp3) is 0.526. The molecule has 1 fully saturated rings. The molecule has 0 bridgehead atoms. The van der Waals surface area contributed by atoms with E-state index in [0.29, 0.717) is 17.2 Å². The minimum Gasteiger partial charge on any atom is -0.381 e. The third-order valence-electron chi connectivity index (χ3n) is 5.47. The molecule has 3 aromatic heterocycles. The molecular formula is C19H21F3N6O2S. The summed E-state index contributed by atoms with van der Waals surface area (Å²) in [6.07, 6.45) is 0.309. The van der Waals surface area contributed by atoms with Gasteiger partial charge in [0.05, 0.1) is 18.0 Å². The number of methoxy groups -OCH3 is 1. The molecule has 0 spiro atoms. The molecule has 3 atom stereocenters. The van der Waals surface area contributed by atoms with Crippen LogP contribution in [0.4, 0.5) is 13.2 Å². The van der Waals surface area contributed by atoms with E-state index in [1.54, 1.807) is 20.1 Å². The molecule has 31 heavy (non-hydrogen) atoms. The molecule has 1 saturated carbocycles. The van der Waals surface area contributed by atoms with Gasteiger partial charge >= 0.3 is 6.18 Å². The first-order chi connectivity index (χ1) is 14.8. The van der Waals surface area contributed by atoms with Crippen molar-refractivity contribution in [2.45, 2.75) is 56.8 Å². The first-order valence-corrected chi connectivity index (χ1v) is 10.7. The molecule has 166 valence electrons. The van der Waals surface area contributed by atoms with Crippen LogP contribution in [-0.2, 0) is 10.9 Å². The van der Waals surface area contributed by atoms with Gasteiger partial charge < -0.3 is 4.74 Å². The van der Waals surface area contributed by atoms with E-state index in [9.17, 15) is 18.0 Å². The molecular weight excluding hydrogens is 433 g/mol. The Bertz CT molecular complexity index is 1110. The van der Waals surface area contributed by atoms with Crippen molar-refractivity contribution in [2.75, 3.05) is 7.11 Å². The van der Waals surface area contributed by atoms with Crippen LogP contribution in [0.25, 0.3) is 10.8 Å². The topological polar surface area (TPSA) is 98.6 Å². The molecule has 12 heteroatoms. The zero-order chi connectivity index (χ0) is 22.2. The number of rotatable bonds is 5. The predicted molar refractivity (Wildman–Crippen MR) is 107 cm³/mol. The van der Waals surface area contributed by atoms with Crippen LogP contribution in [-0.4, -0.2) is 43.2 Å². The maximum atomic E-state index is 12.8. The zero-order valence-corrected chi connectivity index (χ0v) is 17.7. The lowest BCUT2D eigenvalue weighted by Gasteiger charge is -2.28. The van der Waals surface area contributed by atoms with Gasteiger partial charge in [-0.15, -0.1) is 11.3 Å². The molecule has 4 rings (SSSR count). The second kappa shape index (κ2) is 8.50. The van der Waals surface area contributed by atoms with Crippen molar-refractivity contribution in [2.24, 2.45) is 0 Å². The number of ether oxygens (including phenoxy) is 1. The maximum absolute atomic E-state index is 12.8. The van der Waals surface area contributed by atoms with Crippen LogP contribution in [0.15, 0.2) is 23.1 Å². The highest BCUT2D eigenvalue weighted by atomic mass is 32.1. The fourth-order valence-corrected chi connectivity index (χ4v) is 4.46. The summed E-state index contributed by atoms with van der Waals surface area (Å²) < 4.78 is 45.3. The molecule has 3 heterocycles. The molecule has 0 amide bonds. The quantitative estimate of drug-likeness (QED) is 0.630. The second-order valence-electron chi connectivity index (χ2n) is 7.51. The zero-order valence-electron chi connectivity index (χ0n) is 16.9. The van der Waals surface area contributed by atoms with E-state index in [2.05, 4.69) is 25.3 Å². The standard InChI is InChI=1S/C19H21F3N6O2S/c1-10(16-24-17(26-25-16)18-23-9-14(31-18)19(20,21)22)28-15(29)7-6-13(27-28)11-4-3-5-12(8-11)30-2/h6-7,9-12H,3-5,8H2,1-2H3,(H,24,25,26). The highest BCUT2D eigenvalue weighted by molar-refractivity contribution is 7.15. The highest BCUT2D eigenvalue weighted by Crippen LogP contribution is 2.36. The van der Waals surface area contributed by atoms with Crippen LogP contribution < -0.4 is 5.56 Å². The summed E-state index contributed by atoms with van der Waals surface area (Å²) in [6, 6.07) is 2.63. The minimum absolute atomic E-state index is 0.0433. The first kappa shape index (κ1) is 21.6. The number of nitrogens with one attached hydrogen (secondary N) is 1. The molecule has 3 aromatic rings. The number of aromatic amines is 1. The largest absolute Gasteiger partial charge is 0.427 e. The van der Waals surface area contributed by atoms with E-state index >= 15 is 0 Å².